The molecule has 0 aliphatic rings. The summed E-state index contributed by atoms with van der Waals surface area (Å²) in [5.74, 6) is -3.14. The number of ether oxygens (including phenoxy) is 2. The van der Waals surface area contributed by atoms with Crippen LogP contribution in [0.2, 0.25) is 0 Å². The Morgan fingerprint density at radius 3 is 1.73 bits per heavy atom. The summed E-state index contributed by atoms with van der Waals surface area (Å²) in [5, 5.41) is 0. The molecule has 0 aliphatic carbocycles. The van der Waals surface area contributed by atoms with Crippen molar-refractivity contribution in [1.29, 1.82) is 0 Å². The van der Waals surface area contributed by atoms with E-state index < -0.39 is 42.4 Å². The van der Waals surface area contributed by atoms with Gasteiger partial charge in [0.1, 0.15) is 6.10 Å². The van der Waals surface area contributed by atoms with Crippen LogP contribution in [0.25, 0.3) is 0 Å². The van der Waals surface area contributed by atoms with Gasteiger partial charge in [-0.05, 0) is 6.92 Å². The monoisotopic (exact) mass is 334 g/mol. The fraction of sp³-hybridized carbons (Fsp3) is 0.500. The minimum Gasteiger partial charge on any atom is -0.459 e. The third kappa shape index (κ3) is 4.50. The number of rotatable bonds is 6. The van der Waals surface area contributed by atoms with Gasteiger partial charge in [-0.3, -0.25) is 0 Å². The third-order valence-electron chi connectivity index (χ3n) is 2.42. The molecule has 0 rings (SSSR count). The molecule has 0 amide bonds. The first-order valence-corrected chi connectivity index (χ1v) is 5.62. The molecule has 126 valence electrons. The molecule has 0 heterocycles. The Morgan fingerprint density at radius 1 is 1.00 bits per heavy atom. The molecule has 0 aliphatic heterocycles. The van der Waals surface area contributed by atoms with Gasteiger partial charge in [0, 0.05) is 18.6 Å². The first-order valence-electron chi connectivity index (χ1n) is 5.62. The molecule has 0 spiro atoms. The molecule has 0 aromatic heterocycles. The standard InChI is InChI=1S/C12H12F6O4/c1-4-8(19)21-7(3)6-10(11(13,14)15,12(16,17)18)22-9(20)5-2/h4-5,7H,1-2,6H2,3H3. The van der Waals surface area contributed by atoms with Crippen LogP contribution in [0.4, 0.5) is 26.3 Å². The zero-order chi connectivity index (χ0) is 17.8. The number of halogens is 6. The summed E-state index contributed by atoms with van der Waals surface area (Å²) in [4.78, 5) is 21.8. The molecule has 0 fully saturated rings. The Hall–Kier alpha value is -2.00. The Balaban J connectivity index is 5.74. The van der Waals surface area contributed by atoms with Crippen LogP contribution in [0.5, 0.6) is 0 Å². The van der Waals surface area contributed by atoms with Gasteiger partial charge in [-0.2, -0.15) is 26.3 Å². The van der Waals surface area contributed by atoms with E-state index in [4.69, 9.17) is 0 Å². The summed E-state index contributed by atoms with van der Waals surface area (Å²) in [7, 11) is 0. The third-order valence-corrected chi connectivity index (χ3v) is 2.42. The Bertz CT molecular complexity index is 438. The number of carbonyl (C=O) groups is 2. The van der Waals surface area contributed by atoms with Crippen molar-refractivity contribution in [2.45, 2.75) is 37.4 Å². The molecule has 1 atom stereocenters. The summed E-state index contributed by atoms with van der Waals surface area (Å²) < 4.78 is 85.6. The first-order chi connectivity index (χ1) is 9.80. The van der Waals surface area contributed by atoms with Crippen molar-refractivity contribution in [3.8, 4) is 0 Å². The van der Waals surface area contributed by atoms with Crippen molar-refractivity contribution in [2.75, 3.05) is 0 Å². The molecular formula is C12H12F6O4. The lowest BCUT2D eigenvalue weighted by Crippen LogP contribution is -2.61. The molecule has 0 N–H and O–H groups in total. The zero-order valence-corrected chi connectivity index (χ0v) is 11.3. The maximum absolute atomic E-state index is 13.0. The molecular weight excluding hydrogens is 322 g/mol. The van der Waals surface area contributed by atoms with Crippen LogP contribution in [0, 0.1) is 0 Å². The summed E-state index contributed by atoms with van der Waals surface area (Å²) in [6.45, 7) is 6.48. The van der Waals surface area contributed by atoms with E-state index in [0.29, 0.717) is 6.08 Å². The van der Waals surface area contributed by atoms with Gasteiger partial charge in [-0.1, -0.05) is 13.2 Å². The van der Waals surface area contributed by atoms with E-state index in [1.807, 2.05) is 0 Å². The van der Waals surface area contributed by atoms with Gasteiger partial charge in [0.25, 0.3) is 0 Å². The van der Waals surface area contributed by atoms with Gasteiger partial charge in [-0.25, -0.2) is 9.59 Å². The van der Waals surface area contributed by atoms with Crippen LogP contribution >= 0.6 is 0 Å². The van der Waals surface area contributed by atoms with Crippen LogP contribution in [0.1, 0.15) is 13.3 Å². The van der Waals surface area contributed by atoms with Gasteiger partial charge < -0.3 is 9.47 Å². The number of hydrogen-bond acceptors (Lipinski definition) is 4. The summed E-state index contributed by atoms with van der Waals surface area (Å²) >= 11 is 0. The molecule has 0 saturated carbocycles. The maximum Gasteiger partial charge on any atom is 0.437 e. The number of alkyl halides is 6. The topological polar surface area (TPSA) is 52.6 Å². The Labute approximate surface area is 121 Å². The predicted octanol–water partition coefficient (Wildman–Crippen LogP) is 3.09. The molecule has 1 unspecified atom stereocenters. The highest BCUT2D eigenvalue weighted by atomic mass is 19.4. The van der Waals surface area contributed by atoms with Crippen molar-refractivity contribution < 1.29 is 45.4 Å². The fourth-order valence-electron chi connectivity index (χ4n) is 1.46. The van der Waals surface area contributed by atoms with E-state index in [1.54, 1.807) is 0 Å². The molecule has 0 aromatic carbocycles. The van der Waals surface area contributed by atoms with Crippen LogP contribution in [0.3, 0.4) is 0 Å². The van der Waals surface area contributed by atoms with Crippen molar-refractivity contribution >= 4 is 11.9 Å². The van der Waals surface area contributed by atoms with Gasteiger partial charge in [0.2, 0.25) is 0 Å². The minimum absolute atomic E-state index is 0.159. The SMILES string of the molecule is C=CC(=O)OC(C)CC(OC(=O)C=C)(C(F)(F)F)C(F)(F)F. The largest absolute Gasteiger partial charge is 0.459 e. The molecule has 22 heavy (non-hydrogen) atoms. The lowest BCUT2D eigenvalue weighted by molar-refractivity contribution is -0.374. The molecule has 0 saturated heterocycles. The first kappa shape index (κ1) is 20.0. The average Bonchev–Trinajstić information content (AvgIpc) is 2.34. The van der Waals surface area contributed by atoms with Crippen LogP contribution in [-0.4, -0.2) is 36.0 Å². The van der Waals surface area contributed by atoms with E-state index >= 15 is 0 Å². The van der Waals surface area contributed by atoms with Crippen molar-refractivity contribution in [3.63, 3.8) is 0 Å². The molecule has 0 bridgehead atoms. The van der Waals surface area contributed by atoms with Gasteiger partial charge >= 0.3 is 29.9 Å². The minimum atomic E-state index is -5.99. The van der Waals surface area contributed by atoms with Gasteiger partial charge in [-0.15, -0.1) is 0 Å². The fourth-order valence-corrected chi connectivity index (χ4v) is 1.46. The smallest absolute Gasteiger partial charge is 0.437 e. The van der Waals surface area contributed by atoms with Gasteiger partial charge in [0.05, 0.1) is 0 Å². The van der Waals surface area contributed by atoms with E-state index in [1.165, 1.54) is 0 Å². The average molecular weight is 334 g/mol. The van der Waals surface area contributed by atoms with E-state index in [9.17, 15) is 35.9 Å². The highest BCUT2D eigenvalue weighted by Crippen LogP contribution is 2.49. The summed E-state index contributed by atoms with van der Waals surface area (Å²) in [5.41, 5.74) is -4.83. The second-order valence-corrected chi connectivity index (χ2v) is 4.10. The quantitative estimate of drug-likeness (QED) is 0.426. The summed E-state index contributed by atoms with van der Waals surface area (Å²) in [6.07, 6.45) is -15.0. The second-order valence-electron chi connectivity index (χ2n) is 4.10. The molecule has 4 nitrogen and oxygen atoms in total. The van der Waals surface area contributed by atoms with Crippen molar-refractivity contribution in [3.05, 3.63) is 25.3 Å². The lowest BCUT2D eigenvalue weighted by atomic mass is 9.94. The normalized spacial score (nSPS) is 14.0. The maximum atomic E-state index is 13.0. The Kier molecular flexibility index (Phi) is 6.22. The van der Waals surface area contributed by atoms with E-state index in [-0.39, 0.29) is 6.08 Å². The van der Waals surface area contributed by atoms with E-state index in [0.717, 1.165) is 6.92 Å². The highest BCUT2D eigenvalue weighted by molar-refractivity contribution is 5.82. The Morgan fingerprint density at radius 2 is 1.41 bits per heavy atom. The predicted molar refractivity (Wildman–Crippen MR) is 61.5 cm³/mol. The van der Waals surface area contributed by atoms with Crippen LogP contribution < -0.4 is 0 Å². The lowest BCUT2D eigenvalue weighted by Gasteiger charge is -2.37. The highest BCUT2D eigenvalue weighted by Gasteiger charge is 2.74. The molecule has 0 radical (unpaired) electrons. The number of esters is 2. The number of carbonyl (C=O) groups excluding carboxylic acids is 2. The van der Waals surface area contributed by atoms with Crippen LogP contribution in [0.15, 0.2) is 25.3 Å². The van der Waals surface area contributed by atoms with Gasteiger partial charge in [0.15, 0.2) is 0 Å². The second kappa shape index (κ2) is 6.84. The van der Waals surface area contributed by atoms with E-state index in [2.05, 4.69) is 22.6 Å². The van der Waals surface area contributed by atoms with Crippen molar-refractivity contribution in [1.82, 2.24) is 0 Å². The summed E-state index contributed by atoms with van der Waals surface area (Å²) in [6, 6.07) is 0. The van der Waals surface area contributed by atoms with Crippen molar-refractivity contribution in [2.24, 2.45) is 0 Å². The molecule has 0 aromatic rings. The van der Waals surface area contributed by atoms with Crippen LogP contribution in [-0.2, 0) is 19.1 Å². The molecule has 10 heteroatoms. The number of hydrogen-bond donors (Lipinski definition) is 0. The zero-order valence-electron chi connectivity index (χ0n) is 11.3.